The van der Waals surface area contributed by atoms with Crippen LogP contribution in [0.5, 0.6) is 0 Å². The van der Waals surface area contributed by atoms with E-state index in [-0.39, 0.29) is 17.2 Å². The summed E-state index contributed by atoms with van der Waals surface area (Å²) in [5.41, 5.74) is -0.549. The summed E-state index contributed by atoms with van der Waals surface area (Å²) in [7, 11) is 0. The van der Waals surface area contributed by atoms with Gasteiger partial charge in [0.15, 0.2) is 0 Å². The minimum absolute atomic E-state index is 0.0105. The molecule has 1 atom stereocenters. The van der Waals surface area contributed by atoms with Crippen LogP contribution in [0.4, 0.5) is 5.69 Å². The molecular weight excluding hydrogens is 504 g/mol. The molecule has 0 saturated heterocycles. The first-order valence-corrected chi connectivity index (χ1v) is 8.20. The zero-order valence-corrected chi connectivity index (χ0v) is 15.9. The van der Waals surface area contributed by atoms with Crippen LogP contribution in [-0.4, -0.2) is 16.9 Å². The van der Waals surface area contributed by atoms with Gasteiger partial charge in [-0.3, -0.25) is 14.9 Å². The van der Waals surface area contributed by atoms with Crippen molar-refractivity contribution in [1.29, 1.82) is 0 Å². The Bertz CT molecular complexity index is 600. The third-order valence-corrected chi connectivity index (χ3v) is 4.44. The molecule has 0 radical (unpaired) electrons. The Labute approximate surface area is 149 Å². The number of ether oxygens (including phenoxy) is 1. The van der Waals surface area contributed by atoms with Gasteiger partial charge in [0.2, 0.25) is 0 Å². The van der Waals surface area contributed by atoms with E-state index < -0.39 is 22.8 Å². The lowest BCUT2D eigenvalue weighted by atomic mass is 9.98. The average Bonchev–Trinajstić information content (AvgIpc) is 2.35. The van der Waals surface area contributed by atoms with Crippen molar-refractivity contribution in [2.45, 2.75) is 20.8 Å². The molecule has 8 heteroatoms. The van der Waals surface area contributed by atoms with Gasteiger partial charge in [-0.25, -0.2) is 4.79 Å². The zero-order chi connectivity index (χ0) is 16.3. The van der Waals surface area contributed by atoms with Crippen molar-refractivity contribution >= 4 is 62.8 Å². The van der Waals surface area contributed by atoms with E-state index in [2.05, 4.69) is 0 Å². The highest BCUT2D eigenvalue weighted by Gasteiger charge is 2.29. The van der Waals surface area contributed by atoms with Crippen LogP contribution >= 0.6 is 45.2 Å². The molecule has 1 aromatic rings. The lowest BCUT2D eigenvalue weighted by molar-refractivity contribution is -0.386. The Morgan fingerprint density at radius 3 is 2.29 bits per heavy atom. The standard InChI is InChI=1S/C13H13I2NO5/c1-6(2)7(3)12(17)21-13(18)9-4-8(14)5-10(15)11(9)16(19)20/h4-7H,1-3H3. The zero-order valence-electron chi connectivity index (χ0n) is 11.6. The molecule has 0 aliphatic carbocycles. The molecule has 0 aliphatic heterocycles. The van der Waals surface area contributed by atoms with Gasteiger partial charge in [0.25, 0.3) is 5.69 Å². The molecule has 0 fully saturated rings. The van der Waals surface area contributed by atoms with E-state index in [1.807, 2.05) is 36.4 Å². The normalized spacial score (nSPS) is 12.1. The third kappa shape index (κ3) is 4.59. The summed E-state index contributed by atoms with van der Waals surface area (Å²) in [4.78, 5) is 34.3. The largest absolute Gasteiger partial charge is 0.389 e. The second kappa shape index (κ2) is 7.47. The fourth-order valence-electron chi connectivity index (χ4n) is 1.42. The monoisotopic (exact) mass is 517 g/mol. The molecule has 1 aromatic carbocycles. The maximum Gasteiger partial charge on any atom is 0.352 e. The second-order valence-corrected chi connectivity index (χ2v) is 7.19. The molecule has 0 spiro atoms. The van der Waals surface area contributed by atoms with Crippen LogP contribution in [0.15, 0.2) is 12.1 Å². The molecule has 114 valence electrons. The van der Waals surface area contributed by atoms with Gasteiger partial charge >= 0.3 is 11.9 Å². The summed E-state index contributed by atoms with van der Waals surface area (Å²) < 4.78 is 5.74. The quantitative estimate of drug-likeness (QED) is 0.200. The summed E-state index contributed by atoms with van der Waals surface area (Å²) in [5.74, 6) is -2.13. The van der Waals surface area contributed by atoms with E-state index in [4.69, 9.17) is 4.74 Å². The first kappa shape index (κ1) is 18.3. The van der Waals surface area contributed by atoms with E-state index in [1.54, 1.807) is 35.6 Å². The first-order valence-electron chi connectivity index (χ1n) is 6.04. The first-order chi connectivity index (χ1) is 9.65. The second-order valence-electron chi connectivity index (χ2n) is 4.78. The summed E-state index contributed by atoms with van der Waals surface area (Å²) in [6, 6.07) is 2.92. The van der Waals surface area contributed by atoms with Gasteiger partial charge in [-0.05, 0) is 63.2 Å². The number of nitro groups is 1. The highest BCUT2D eigenvalue weighted by molar-refractivity contribution is 14.1. The van der Waals surface area contributed by atoms with Crippen molar-refractivity contribution in [3.05, 3.63) is 35.0 Å². The molecular formula is C13H13I2NO5. The highest BCUT2D eigenvalue weighted by Crippen LogP contribution is 2.29. The van der Waals surface area contributed by atoms with E-state index in [1.165, 1.54) is 6.07 Å². The van der Waals surface area contributed by atoms with Crippen LogP contribution in [0.3, 0.4) is 0 Å². The molecule has 0 N–H and O–H groups in total. The van der Waals surface area contributed by atoms with Gasteiger partial charge in [-0.1, -0.05) is 20.8 Å². The number of carbonyl (C=O) groups excluding carboxylic acids is 2. The summed E-state index contributed by atoms with van der Waals surface area (Å²) in [5, 5.41) is 11.1. The van der Waals surface area contributed by atoms with Crippen molar-refractivity contribution in [3.63, 3.8) is 0 Å². The Morgan fingerprint density at radius 2 is 1.81 bits per heavy atom. The van der Waals surface area contributed by atoms with Gasteiger partial charge < -0.3 is 4.74 Å². The number of hydrogen-bond donors (Lipinski definition) is 0. The van der Waals surface area contributed by atoms with E-state index >= 15 is 0 Å². The van der Waals surface area contributed by atoms with Crippen molar-refractivity contribution in [3.8, 4) is 0 Å². The predicted molar refractivity (Wildman–Crippen MR) is 93.0 cm³/mol. The van der Waals surface area contributed by atoms with E-state index in [9.17, 15) is 19.7 Å². The van der Waals surface area contributed by atoms with Gasteiger partial charge in [-0.2, -0.15) is 0 Å². The van der Waals surface area contributed by atoms with Crippen LogP contribution < -0.4 is 0 Å². The number of halogens is 2. The fraction of sp³-hybridized carbons (Fsp3) is 0.385. The predicted octanol–water partition coefficient (Wildman–Crippen LogP) is 3.78. The Balaban J connectivity index is 3.13. The number of carbonyl (C=O) groups is 2. The maximum atomic E-state index is 12.1. The number of benzene rings is 1. The Kier molecular flexibility index (Phi) is 6.50. The van der Waals surface area contributed by atoms with Gasteiger partial charge in [0.1, 0.15) is 5.56 Å². The van der Waals surface area contributed by atoms with Crippen molar-refractivity contribution < 1.29 is 19.2 Å². The minimum atomic E-state index is -0.990. The fourth-order valence-corrected chi connectivity index (χ4v) is 3.46. The summed E-state index contributed by atoms with van der Waals surface area (Å²) in [6.07, 6.45) is 0. The van der Waals surface area contributed by atoms with Crippen molar-refractivity contribution in [2.24, 2.45) is 11.8 Å². The number of esters is 2. The Morgan fingerprint density at radius 1 is 1.24 bits per heavy atom. The van der Waals surface area contributed by atoms with Crippen LogP contribution in [0.2, 0.25) is 0 Å². The number of nitrogens with zero attached hydrogens (tertiary/aromatic N) is 1. The lowest BCUT2D eigenvalue weighted by Gasteiger charge is -2.13. The topological polar surface area (TPSA) is 86.5 Å². The molecule has 0 saturated carbocycles. The smallest absolute Gasteiger partial charge is 0.352 e. The van der Waals surface area contributed by atoms with Crippen molar-refractivity contribution in [1.82, 2.24) is 0 Å². The molecule has 0 heterocycles. The molecule has 21 heavy (non-hydrogen) atoms. The molecule has 1 rings (SSSR count). The summed E-state index contributed by atoms with van der Waals surface area (Å²) in [6.45, 7) is 5.30. The van der Waals surface area contributed by atoms with Gasteiger partial charge in [0.05, 0.1) is 14.4 Å². The number of nitro benzene ring substituents is 1. The number of hydrogen-bond acceptors (Lipinski definition) is 5. The van der Waals surface area contributed by atoms with Crippen LogP contribution in [0.1, 0.15) is 31.1 Å². The molecule has 1 unspecified atom stereocenters. The van der Waals surface area contributed by atoms with Gasteiger partial charge in [-0.15, -0.1) is 0 Å². The SMILES string of the molecule is CC(C)C(C)C(=O)OC(=O)c1cc(I)cc(I)c1[N+](=O)[O-]. The van der Waals surface area contributed by atoms with Crippen molar-refractivity contribution in [2.75, 3.05) is 0 Å². The minimum Gasteiger partial charge on any atom is -0.389 e. The van der Waals surface area contributed by atoms with E-state index in [0.717, 1.165) is 0 Å². The highest BCUT2D eigenvalue weighted by atomic mass is 127. The molecule has 0 amide bonds. The average molecular weight is 517 g/mol. The van der Waals surface area contributed by atoms with Crippen LogP contribution in [-0.2, 0) is 9.53 Å². The molecule has 0 bridgehead atoms. The van der Waals surface area contributed by atoms with Crippen LogP contribution in [0.25, 0.3) is 0 Å². The molecule has 0 aliphatic rings. The Hall–Kier alpha value is -0.780. The van der Waals surface area contributed by atoms with Gasteiger partial charge in [0, 0.05) is 3.57 Å². The maximum absolute atomic E-state index is 12.1. The molecule has 0 aromatic heterocycles. The third-order valence-electron chi connectivity index (χ3n) is 3.00. The van der Waals surface area contributed by atoms with E-state index in [0.29, 0.717) is 7.14 Å². The lowest BCUT2D eigenvalue weighted by Crippen LogP contribution is -2.23. The number of rotatable bonds is 4. The molecule has 6 nitrogen and oxygen atoms in total. The van der Waals surface area contributed by atoms with Crippen LogP contribution in [0, 0.1) is 29.1 Å². The summed E-state index contributed by atoms with van der Waals surface area (Å²) >= 11 is 3.72.